The lowest BCUT2D eigenvalue weighted by Gasteiger charge is -2.23. The van der Waals surface area contributed by atoms with E-state index in [0.29, 0.717) is 40.4 Å². The number of ether oxygens (including phenoxy) is 2. The number of nitrogens with zero attached hydrogens (tertiary/aromatic N) is 3. The van der Waals surface area contributed by atoms with Crippen LogP contribution in [0.4, 0.5) is 0 Å². The Morgan fingerprint density at radius 2 is 1.97 bits per heavy atom. The Hall–Kier alpha value is -2.52. The van der Waals surface area contributed by atoms with Gasteiger partial charge in [0.1, 0.15) is 24.2 Å². The van der Waals surface area contributed by atoms with Crippen molar-refractivity contribution in [2.45, 2.75) is 46.1 Å². The van der Waals surface area contributed by atoms with E-state index in [0.717, 1.165) is 60.7 Å². The van der Waals surface area contributed by atoms with Crippen molar-refractivity contribution in [1.29, 1.82) is 0 Å². The van der Waals surface area contributed by atoms with Crippen molar-refractivity contribution in [2.75, 3.05) is 33.4 Å². The summed E-state index contributed by atoms with van der Waals surface area (Å²) in [6.45, 7) is 8.04. The number of nitrogens with one attached hydrogen (secondary N) is 1. The number of aryl methyl sites for hydroxylation is 2. The smallest absolute Gasteiger partial charge is 0.161 e. The third-order valence-corrected chi connectivity index (χ3v) is 6.73. The van der Waals surface area contributed by atoms with Crippen molar-refractivity contribution in [3.63, 3.8) is 0 Å². The summed E-state index contributed by atoms with van der Waals surface area (Å²) in [7, 11) is 1.78. The van der Waals surface area contributed by atoms with E-state index in [1.807, 2.05) is 19.9 Å². The van der Waals surface area contributed by atoms with Crippen molar-refractivity contribution in [3.05, 3.63) is 45.9 Å². The Labute approximate surface area is 211 Å². The van der Waals surface area contributed by atoms with E-state index in [9.17, 15) is 5.11 Å². The van der Waals surface area contributed by atoms with Crippen LogP contribution in [0.25, 0.3) is 22.6 Å². The maximum atomic E-state index is 10.0. The van der Waals surface area contributed by atoms with Gasteiger partial charge < -0.3 is 24.4 Å². The standard InChI is InChI=1S/C26H33ClN4O4/c1-15-23(11-18-7-9-33-10-8-18)29-26(30-25(15)24-16(2)31-35-17(24)3)21-12-20(5-6-22(21)27)34-14-19(32)13-28-4/h5-6,12,18-19,28,32H,7-11,13-14H2,1-4H3. The third kappa shape index (κ3) is 6.01. The molecule has 0 radical (unpaired) electrons. The Kier molecular flexibility index (Phi) is 8.38. The molecule has 3 heterocycles. The molecule has 1 aromatic carbocycles. The minimum absolute atomic E-state index is 0.163. The van der Waals surface area contributed by atoms with Crippen LogP contribution in [-0.4, -0.2) is 59.7 Å². The fourth-order valence-corrected chi connectivity index (χ4v) is 4.63. The first-order valence-corrected chi connectivity index (χ1v) is 12.4. The summed E-state index contributed by atoms with van der Waals surface area (Å²) in [5.74, 6) is 2.34. The Bertz CT molecular complexity index is 1140. The molecule has 1 aliphatic heterocycles. The van der Waals surface area contributed by atoms with Gasteiger partial charge in [0.15, 0.2) is 5.82 Å². The summed E-state index contributed by atoms with van der Waals surface area (Å²) >= 11 is 6.62. The minimum atomic E-state index is -0.619. The van der Waals surface area contributed by atoms with Crippen LogP contribution in [0.2, 0.25) is 5.02 Å². The van der Waals surface area contributed by atoms with E-state index >= 15 is 0 Å². The first-order valence-electron chi connectivity index (χ1n) is 12.0. The van der Waals surface area contributed by atoms with Crippen molar-refractivity contribution in [2.24, 2.45) is 5.92 Å². The molecule has 8 nitrogen and oxygen atoms in total. The van der Waals surface area contributed by atoms with Gasteiger partial charge in [-0.25, -0.2) is 9.97 Å². The van der Waals surface area contributed by atoms with Crippen molar-refractivity contribution in [3.8, 4) is 28.4 Å². The Morgan fingerprint density at radius 1 is 1.20 bits per heavy atom. The fraction of sp³-hybridized carbons (Fsp3) is 0.500. The van der Waals surface area contributed by atoms with Crippen molar-refractivity contribution < 1.29 is 19.1 Å². The Balaban J connectivity index is 1.76. The third-order valence-electron chi connectivity index (χ3n) is 6.40. The molecule has 1 fully saturated rings. The maximum Gasteiger partial charge on any atom is 0.161 e. The lowest BCUT2D eigenvalue weighted by molar-refractivity contribution is 0.0662. The summed E-state index contributed by atoms with van der Waals surface area (Å²) in [5, 5.41) is 17.6. The lowest BCUT2D eigenvalue weighted by Crippen LogP contribution is -2.29. The van der Waals surface area contributed by atoms with Crippen LogP contribution in [0.3, 0.4) is 0 Å². The first kappa shape index (κ1) is 25.6. The van der Waals surface area contributed by atoms with E-state index in [2.05, 4.69) is 17.4 Å². The predicted octanol–water partition coefficient (Wildman–Crippen LogP) is 4.31. The van der Waals surface area contributed by atoms with E-state index < -0.39 is 6.10 Å². The van der Waals surface area contributed by atoms with Gasteiger partial charge in [-0.3, -0.25) is 0 Å². The summed E-state index contributed by atoms with van der Waals surface area (Å²) in [6.07, 6.45) is 2.24. The lowest BCUT2D eigenvalue weighted by atomic mass is 9.92. The molecule has 4 rings (SSSR count). The molecular formula is C26H33ClN4O4. The zero-order chi connectivity index (χ0) is 24.9. The van der Waals surface area contributed by atoms with E-state index in [4.69, 9.17) is 35.6 Å². The molecule has 0 spiro atoms. The number of aliphatic hydroxyl groups excluding tert-OH is 1. The van der Waals surface area contributed by atoms with Gasteiger partial charge in [0, 0.05) is 31.0 Å². The predicted molar refractivity (Wildman–Crippen MR) is 135 cm³/mol. The number of likely N-dealkylation sites (N-methyl/N-ethyl adjacent to an activating group) is 1. The molecule has 1 unspecified atom stereocenters. The maximum absolute atomic E-state index is 10.0. The number of hydrogen-bond acceptors (Lipinski definition) is 8. The van der Waals surface area contributed by atoms with E-state index in [-0.39, 0.29) is 6.61 Å². The molecule has 9 heteroatoms. The minimum Gasteiger partial charge on any atom is -0.491 e. The summed E-state index contributed by atoms with van der Waals surface area (Å²) in [5.41, 5.74) is 5.16. The molecule has 1 aliphatic rings. The highest BCUT2D eigenvalue weighted by Crippen LogP contribution is 2.35. The zero-order valence-corrected chi connectivity index (χ0v) is 21.5. The monoisotopic (exact) mass is 500 g/mol. The largest absolute Gasteiger partial charge is 0.491 e. The number of aromatic nitrogens is 3. The molecule has 2 N–H and O–H groups in total. The summed E-state index contributed by atoms with van der Waals surface area (Å²) in [6, 6.07) is 5.38. The SMILES string of the molecule is CNCC(O)COc1ccc(Cl)c(-c2nc(CC3CCOCC3)c(C)c(-c3c(C)noc3C)n2)c1. The van der Waals surface area contributed by atoms with Gasteiger partial charge >= 0.3 is 0 Å². The van der Waals surface area contributed by atoms with Gasteiger partial charge in [0.25, 0.3) is 0 Å². The van der Waals surface area contributed by atoms with E-state index in [1.54, 1.807) is 19.2 Å². The molecule has 1 saturated heterocycles. The van der Waals surface area contributed by atoms with Gasteiger partial charge in [-0.05, 0) is 76.8 Å². The highest BCUT2D eigenvalue weighted by Gasteiger charge is 2.23. The van der Waals surface area contributed by atoms with Crippen LogP contribution in [0.15, 0.2) is 22.7 Å². The molecule has 0 bridgehead atoms. The van der Waals surface area contributed by atoms with Crippen LogP contribution in [-0.2, 0) is 11.2 Å². The second kappa shape index (κ2) is 11.5. The first-order chi connectivity index (χ1) is 16.9. The van der Waals surface area contributed by atoms with Crippen molar-refractivity contribution >= 4 is 11.6 Å². The number of halogens is 1. The number of aliphatic hydroxyl groups is 1. The van der Waals surface area contributed by atoms with Gasteiger partial charge in [0.2, 0.25) is 0 Å². The second-order valence-electron chi connectivity index (χ2n) is 9.09. The van der Waals surface area contributed by atoms with Crippen LogP contribution in [0, 0.1) is 26.7 Å². The molecule has 1 atom stereocenters. The number of rotatable bonds is 9. The average molecular weight is 501 g/mol. The topological polar surface area (TPSA) is 103 Å². The van der Waals surface area contributed by atoms with Gasteiger partial charge in [-0.2, -0.15) is 0 Å². The van der Waals surface area contributed by atoms with Crippen LogP contribution < -0.4 is 10.1 Å². The van der Waals surface area contributed by atoms with Crippen molar-refractivity contribution in [1.82, 2.24) is 20.4 Å². The number of hydrogen-bond donors (Lipinski definition) is 2. The highest BCUT2D eigenvalue weighted by atomic mass is 35.5. The molecule has 3 aromatic rings. The average Bonchev–Trinajstić information content (AvgIpc) is 3.18. The number of benzene rings is 1. The van der Waals surface area contributed by atoms with Crippen LogP contribution in [0.1, 0.15) is 35.6 Å². The normalized spacial score (nSPS) is 15.4. The van der Waals surface area contributed by atoms with Crippen LogP contribution in [0.5, 0.6) is 5.75 Å². The molecule has 35 heavy (non-hydrogen) atoms. The summed E-state index contributed by atoms with van der Waals surface area (Å²) < 4.78 is 16.8. The molecular weight excluding hydrogens is 468 g/mol. The summed E-state index contributed by atoms with van der Waals surface area (Å²) in [4.78, 5) is 9.94. The molecule has 0 aliphatic carbocycles. The van der Waals surface area contributed by atoms with E-state index in [1.165, 1.54) is 0 Å². The highest BCUT2D eigenvalue weighted by molar-refractivity contribution is 6.33. The van der Waals surface area contributed by atoms with Gasteiger partial charge in [-0.15, -0.1) is 0 Å². The zero-order valence-electron chi connectivity index (χ0n) is 20.7. The fourth-order valence-electron chi connectivity index (χ4n) is 4.42. The van der Waals surface area contributed by atoms with Crippen LogP contribution >= 0.6 is 11.6 Å². The molecule has 2 aromatic heterocycles. The molecule has 0 saturated carbocycles. The molecule has 0 amide bonds. The quantitative estimate of drug-likeness (QED) is 0.448. The Morgan fingerprint density at radius 3 is 2.66 bits per heavy atom. The second-order valence-corrected chi connectivity index (χ2v) is 9.50. The van der Waals surface area contributed by atoms with Gasteiger partial charge in [-0.1, -0.05) is 16.8 Å². The molecule has 188 valence electrons. The van der Waals surface area contributed by atoms with Gasteiger partial charge in [0.05, 0.1) is 22.0 Å².